The number of nitrogens with zero attached hydrogens (tertiary/aromatic N) is 4. The highest BCUT2D eigenvalue weighted by molar-refractivity contribution is 6.04. The number of carbonyl (C=O) groups is 1. The van der Waals surface area contributed by atoms with Crippen molar-refractivity contribution in [3.63, 3.8) is 0 Å². The number of carbonyl (C=O) groups excluding carboxylic acids is 1. The molecule has 33 heavy (non-hydrogen) atoms. The summed E-state index contributed by atoms with van der Waals surface area (Å²) in [5.74, 6) is 1.08. The molecule has 2 aromatic heterocycles. The van der Waals surface area contributed by atoms with Gasteiger partial charge in [-0.05, 0) is 30.4 Å². The molecule has 1 atom stereocenters. The zero-order valence-electron chi connectivity index (χ0n) is 18.6. The summed E-state index contributed by atoms with van der Waals surface area (Å²) >= 11 is 0. The zero-order chi connectivity index (χ0) is 22.9. The van der Waals surface area contributed by atoms with E-state index in [0.29, 0.717) is 28.4 Å². The number of rotatable bonds is 7. The van der Waals surface area contributed by atoms with E-state index in [9.17, 15) is 9.59 Å². The van der Waals surface area contributed by atoms with Crippen LogP contribution in [0.5, 0.6) is 0 Å². The molecule has 0 bridgehead atoms. The van der Waals surface area contributed by atoms with Gasteiger partial charge in [-0.3, -0.25) is 9.59 Å². The van der Waals surface area contributed by atoms with Crippen LogP contribution in [0.2, 0.25) is 0 Å². The molecule has 0 aliphatic heterocycles. The van der Waals surface area contributed by atoms with E-state index in [1.807, 2.05) is 44.2 Å². The van der Waals surface area contributed by atoms with Gasteiger partial charge in [0.1, 0.15) is 6.04 Å². The van der Waals surface area contributed by atoms with Crippen molar-refractivity contribution in [3.8, 4) is 0 Å². The summed E-state index contributed by atoms with van der Waals surface area (Å²) in [6, 6.07) is 16.1. The van der Waals surface area contributed by atoms with Gasteiger partial charge < -0.3 is 9.84 Å². The topological polar surface area (TPSA) is 103 Å². The fourth-order valence-corrected chi connectivity index (χ4v) is 3.87. The van der Waals surface area contributed by atoms with Crippen LogP contribution in [0.25, 0.3) is 10.8 Å². The molecule has 4 aromatic rings. The fourth-order valence-electron chi connectivity index (χ4n) is 3.87. The van der Waals surface area contributed by atoms with Crippen LogP contribution >= 0.6 is 0 Å². The van der Waals surface area contributed by atoms with Gasteiger partial charge in [-0.1, -0.05) is 67.5 Å². The SMILES string of the molecule is CC(C)C(NC(=O)c1nn(Cc2ccccc2)c(=O)c2ccccc12)c1nc(C2CC2)no1. The third kappa shape index (κ3) is 4.28. The first-order valence-corrected chi connectivity index (χ1v) is 11.2. The quantitative estimate of drug-likeness (QED) is 0.466. The third-order valence-corrected chi connectivity index (χ3v) is 5.88. The minimum absolute atomic E-state index is 0.0166. The molecule has 1 N–H and O–H groups in total. The van der Waals surface area contributed by atoms with Crippen molar-refractivity contribution >= 4 is 16.7 Å². The highest BCUT2D eigenvalue weighted by Gasteiger charge is 2.32. The van der Waals surface area contributed by atoms with Crippen molar-refractivity contribution in [2.75, 3.05) is 0 Å². The van der Waals surface area contributed by atoms with Crippen LogP contribution in [-0.4, -0.2) is 25.8 Å². The van der Waals surface area contributed by atoms with Crippen molar-refractivity contribution in [2.24, 2.45) is 5.92 Å². The zero-order valence-corrected chi connectivity index (χ0v) is 18.6. The van der Waals surface area contributed by atoms with E-state index in [1.165, 1.54) is 4.68 Å². The Morgan fingerprint density at radius 2 is 1.79 bits per heavy atom. The maximum absolute atomic E-state index is 13.4. The summed E-state index contributed by atoms with van der Waals surface area (Å²) in [5, 5.41) is 12.5. The van der Waals surface area contributed by atoms with Gasteiger partial charge in [0.15, 0.2) is 11.5 Å². The predicted molar refractivity (Wildman–Crippen MR) is 123 cm³/mol. The van der Waals surface area contributed by atoms with Gasteiger partial charge >= 0.3 is 0 Å². The van der Waals surface area contributed by atoms with Crippen LogP contribution in [-0.2, 0) is 6.54 Å². The lowest BCUT2D eigenvalue weighted by atomic mass is 10.0. The number of aromatic nitrogens is 4. The molecule has 2 aromatic carbocycles. The first kappa shape index (κ1) is 21.1. The Kier molecular flexibility index (Phi) is 5.50. The molecule has 0 saturated heterocycles. The Morgan fingerprint density at radius 3 is 2.48 bits per heavy atom. The highest BCUT2D eigenvalue weighted by Crippen LogP contribution is 2.38. The van der Waals surface area contributed by atoms with E-state index in [2.05, 4.69) is 20.6 Å². The van der Waals surface area contributed by atoms with Gasteiger partial charge in [-0.15, -0.1) is 0 Å². The monoisotopic (exact) mass is 443 g/mol. The third-order valence-electron chi connectivity index (χ3n) is 5.88. The number of benzene rings is 2. The molecule has 1 fully saturated rings. The summed E-state index contributed by atoms with van der Waals surface area (Å²) in [4.78, 5) is 31.0. The van der Waals surface area contributed by atoms with Crippen LogP contribution in [0.3, 0.4) is 0 Å². The average Bonchev–Trinajstić information content (AvgIpc) is 3.57. The number of hydrogen-bond acceptors (Lipinski definition) is 6. The largest absolute Gasteiger partial charge is 0.339 e. The minimum atomic E-state index is -0.465. The van der Waals surface area contributed by atoms with Crippen molar-refractivity contribution in [3.05, 3.63) is 87.9 Å². The fraction of sp³-hybridized carbons (Fsp3) is 0.320. The van der Waals surface area contributed by atoms with Gasteiger partial charge in [-0.2, -0.15) is 10.1 Å². The van der Waals surface area contributed by atoms with E-state index in [-0.39, 0.29) is 23.7 Å². The van der Waals surface area contributed by atoms with E-state index in [4.69, 9.17) is 4.52 Å². The summed E-state index contributed by atoms with van der Waals surface area (Å²) < 4.78 is 6.83. The van der Waals surface area contributed by atoms with Gasteiger partial charge in [0, 0.05) is 11.3 Å². The summed E-state index contributed by atoms with van der Waals surface area (Å²) in [6.45, 7) is 4.23. The molecule has 1 aliphatic rings. The van der Waals surface area contributed by atoms with E-state index < -0.39 is 11.9 Å². The van der Waals surface area contributed by atoms with Crippen LogP contribution < -0.4 is 10.9 Å². The molecule has 5 rings (SSSR count). The molecule has 1 aliphatic carbocycles. The summed E-state index contributed by atoms with van der Waals surface area (Å²) in [5.41, 5.74) is 0.873. The van der Waals surface area contributed by atoms with Crippen LogP contribution in [0.15, 0.2) is 63.9 Å². The maximum Gasteiger partial charge on any atom is 0.274 e. The Hall–Kier alpha value is -3.81. The van der Waals surface area contributed by atoms with Crippen LogP contribution in [0, 0.1) is 5.92 Å². The van der Waals surface area contributed by atoms with Gasteiger partial charge in [0.25, 0.3) is 11.5 Å². The van der Waals surface area contributed by atoms with E-state index in [1.54, 1.807) is 24.3 Å². The lowest BCUT2D eigenvalue weighted by Gasteiger charge is -2.19. The molecule has 0 radical (unpaired) electrons. The van der Waals surface area contributed by atoms with Crippen molar-refractivity contribution in [2.45, 2.75) is 45.2 Å². The van der Waals surface area contributed by atoms with Gasteiger partial charge in [0.2, 0.25) is 5.89 Å². The maximum atomic E-state index is 13.4. The van der Waals surface area contributed by atoms with Crippen molar-refractivity contribution in [1.82, 2.24) is 25.2 Å². The normalized spacial score (nSPS) is 14.5. The standard InChI is InChI=1S/C25H25N5O3/c1-15(2)20(24-27-22(29-33-24)17-12-13-17)26-23(31)21-18-10-6-7-11-19(18)25(32)30(28-21)14-16-8-4-3-5-9-16/h3-11,15,17,20H,12-14H2,1-2H3,(H,26,31). The molecular weight excluding hydrogens is 418 g/mol. The number of fused-ring (bicyclic) bond motifs is 1. The molecule has 2 heterocycles. The highest BCUT2D eigenvalue weighted by atomic mass is 16.5. The van der Waals surface area contributed by atoms with Crippen molar-refractivity contribution in [1.29, 1.82) is 0 Å². The Bertz CT molecular complexity index is 1360. The lowest BCUT2D eigenvalue weighted by molar-refractivity contribution is 0.0908. The molecule has 1 unspecified atom stereocenters. The van der Waals surface area contributed by atoms with Crippen LogP contribution in [0.1, 0.15) is 66.4 Å². The average molecular weight is 444 g/mol. The number of hydrogen-bond donors (Lipinski definition) is 1. The van der Waals surface area contributed by atoms with Gasteiger partial charge in [-0.25, -0.2) is 4.68 Å². The summed E-state index contributed by atoms with van der Waals surface area (Å²) in [7, 11) is 0. The first-order chi connectivity index (χ1) is 16.0. The molecular formula is C25H25N5O3. The first-order valence-electron chi connectivity index (χ1n) is 11.2. The molecule has 8 nitrogen and oxygen atoms in total. The van der Waals surface area contributed by atoms with E-state index >= 15 is 0 Å². The smallest absolute Gasteiger partial charge is 0.274 e. The second-order valence-corrected chi connectivity index (χ2v) is 8.80. The molecule has 1 amide bonds. The molecule has 0 spiro atoms. The second kappa shape index (κ2) is 8.61. The van der Waals surface area contributed by atoms with Crippen molar-refractivity contribution < 1.29 is 9.32 Å². The molecule has 8 heteroatoms. The predicted octanol–water partition coefficient (Wildman–Crippen LogP) is 3.83. The Balaban J connectivity index is 1.51. The number of nitrogens with one attached hydrogen (secondary N) is 1. The van der Waals surface area contributed by atoms with Crippen LogP contribution in [0.4, 0.5) is 0 Å². The second-order valence-electron chi connectivity index (χ2n) is 8.80. The summed E-state index contributed by atoms with van der Waals surface area (Å²) in [6.07, 6.45) is 2.13. The van der Waals surface area contributed by atoms with Gasteiger partial charge in [0.05, 0.1) is 11.9 Å². The lowest BCUT2D eigenvalue weighted by Crippen LogP contribution is -2.35. The molecule has 1 saturated carbocycles. The Labute approximate surface area is 190 Å². The van der Waals surface area contributed by atoms with E-state index in [0.717, 1.165) is 18.4 Å². The number of amides is 1. The Morgan fingerprint density at radius 1 is 1.09 bits per heavy atom. The molecule has 168 valence electrons. The minimum Gasteiger partial charge on any atom is -0.339 e.